The number of thioether (sulfide) groups is 2. The molecule has 38 heavy (non-hydrogen) atoms. The van der Waals surface area contributed by atoms with E-state index in [1.165, 1.54) is 38.5 Å². The summed E-state index contributed by atoms with van der Waals surface area (Å²) in [5, 5.41) is 19.5. The average molecular weight is 555 g/mol. The third-order valence-electron chi connectivity index (χ3n) is 10.4. The van der Waals surface area contributed by atoms with Crippen molar-refractivity contribution in [2.75, 3.05) is 5.75 Å². The summed E-state index contributed by atoms with van der Waals surface area (Å²) in [6.07, 6.45) is 17.0. The molecule has 5 rings (SSSR count). The molecule has 0 amide bonds. The van der Waals surface area contributed by atoms with Crippen molar-refractivity contribution in [2.24, 2.45) is 35.5 Å². The van der Waals surface area contributed by atoms with E-state index in [9.17, 15) is 20.1 Å². The predicted octanol–water partition coefficient (Wildman–Crippen LogP) is 7.57. The molecule has 5 aliphatic rings. The molecule has 0 spiro atoms. The number of esters is 1. The highest BCUT2D eigenvalue weighted by Crippen LogP contribution is 2.51. The molecule has 0 bridgehead atoms. The summed E-state index contributed by atoms with van der Waals surface area (Å²) < 4.78 is 6.74. The fourth-order valence-electron chi connectivity index (χ4n) is 7.93. The highest BCUT2D eigenvalue weighted by atomic mass is 32.2. The number of nitriles is 2. The molecule has 5 nitrogen and oxygen atoms in total. The van der Waals surface area contributed by atoms with Crippen LogP contribution in [0.2, 0.25) is 0 Å². The minimum Gasteiger partial charge on any atom is -0.458 e. The summed E-state index contributed by atoms with van der Waals surface area (Å²) in [4.78, 5) is 24.6. The molecule has 1 atom stereocenters. The van der Waals surface area contributed by atoms with Gasteiger partial charge in [0.25, 0.3) is 0 Å². The van der Waals surface area contributed by atoms with Crippen LogP contribution in [0.3, 0.4) is 0 Å². The van der Waals surface area contributed by atoms with Crippen LogP contribution >= 0.6 is 23.5 Å². The lowest BCUT2D eigenvalue weighted by Crippen LogP contribution is -2.30. The van der Waals surface area contributed by atoms with Gasteiger partial charge >= 0.3 is 5.97 Å². The number of hydrogen-bond acceptors (Lipinski definition) is 7. The van der Waals surface area contributed by atoms with Crippen molar-refractivity contribution in [3.63, 3.8) is 0 Å². The van der Waals surface area contributed by atoms with Gasteiger partial charge in [-0.3, -0.25) is 4.79 Å². The van der Waals surface area contributed by atoms with E-state index in [1.807, 2.05) is 0 Å². The van der Waals surface area contributed by atoms with Crippen LogP contribution in [0.4, 0.5) is 0 Å². The predicted molar refractivity (Wildman–Crippen MR) is 152 cm³/mol. The molecular formula is C31H42N2O3S2. The second kappa shape index (κ2) is 13.3. The smallest absolute Gasteiger partial charge is 0.350 e. The van der Waals surface area contributed by atoms with Crippen LogP contribution in [-0.4, -0.2) is 28.9 Å². The molecule has 0 aromatic carbocycles. The molecule has 4 aliphatic carbocycles. The van der Waals surface area contributed by atoms with Gasteiger partial charge in [-0.05, 0) is 119 Å². The zero-order valence-electron chi connectivity index (χ0n) is 22.6. The topological polar surface area (TPSA) is 90.9 Å². The van der Waals surface area contributed by atoms with Crippen LogP contribution < -0.4 is 0 Å². The van der Waals surface area contributed by atoms with Crippen LogP contribution in [0.5, 0.6) is 0 Å². The molecule has 4 saturated carbocycles. The van der Waals surface area contributed by atoms with E-state index in [0.29, 0.717) is 28.8 Å². The molecule has 7 heteroatoms. The maximum atomic E-state index is 13.0. The van der Waals surface area contributed by atoms with Crippen LogP contribution in [0, 0.1) is 58.2 Å². The van der Waals surface area contributed by atoms with Crippen LogP contribution in [0.25, 0.3) is 0 Å². The standard InChI is InChI=1S/C31H42N2O3S2/c32-17-20-1-3-21(4-2-20)22-5-7-25(8-6-22)29-19-37-31(38-29)28(18-33)30(35)36-27-15-11-24(12-16-27)23-9-13-26(34)14-10-23/h20-25,27,29H,1-16,19H2/b31-28+. The van der Waals surface area contributed by atoms with Crippen LogP contribution in [-0.2, 0) is 14.3 Å². The number of ketones is 1. The summed E-state index contributed by atoms with van der Waals surface area (Å²) in [5.41, 5.74) is 0.221. The Kier molecular flexibility index (Phi) is 9.82. The second-order valence-electron chi connectivity index (χ2n) is 12.5. The first-order valence-corrected chi connectivity index (χ1v) is 17.0. The maximum Gasteiger partial charge on any atom is 0.350 e. The fourth-order valence-corrected chi connectivity index (χ4v) is 11.1. The van der Waals surface area contributed by atoms with E-state index in [2.05, 4.69) is 12.1 Å². The van der Waals surface area contributed by atoms with Gasteiger partial charge in [0.05, 0.1) is 10.3 Å². The zero-order valence-corrected chi connectivity index (χ0v) is 24.2. The van der Waals surface area contributed by atoms with Gasteiger partial charge in [-0.15, -0.1) is 23.5 Å². The summed E-state index contributed by atoms with van der Waals surface area (Å²) in [6, 6.07) is 4.65. The number of carbonyl (C=O) groups is 2. The monoisotopic (exact) mass is 554 g/mol. The van der Waals surface area contributed by atoms with E-state index in [1.54, 1.807) is 23.5 Å². The van der Waals surface area contributed by atoms with Gasteiger partial charge < -0.3 is 4.74 Å². The summed E-state index contributed by atoms with van der Waals surface area (Å²) in [5.74, 6) is 4.84. The molecule has 0 radical (unpaired) electrons. The number of carbonyl (C=O) groups excluding carboxylic acids is 2. The minimum absolute atomic E-state index is 0.0846. The first-order valence-electron chi connectivity index (χ1n) is 15.1. The van der Waals surface area contributed by atoms with E-state index in [-0.39, 0.29) is 17.6 Å². The third-order valence-corrected chi connectivity index (χ3v) is 13.5. The van der Waals surface area contributed by atoms with Gasteiger partial charge in [-0.2, -0.15) is 10.5 Å². The second-order valence-corrected chi connectivity index (χ2v) is 15.0. The van der Waals surface area contributed by atoms with Crippen molar-refractivity contribution >= 4 is 35.3 Å². The normalized spacial score (nSPS) is 38.2. The average Bonchev–Trinajstić information content (AvgIpc) is 3.44. The number of hydrogen-bond donors (Lipinski definition) is 0. The van der Waals surface area contributed by atoms with Crippen LogP contribution in [0.15, 0.2) is 9.81 Å². The Labute approximate surface area is 236 Å². The van der Waals surface area contributed by atoms with E-state index in [0.717, 1.165) is 86.0 Å². The lowest BCUT2D eigenvalue weighted by atomic mass is 9.69. The molecule has 0 aromatic rings. The van der Waals surface area contributed by atoms with Gasteiger partial charge in [0, 0.05) is 29.8 Å². The molecule has 1 saturated heterocycles. The molecule has 5 fully saturated rings. The van der Waals surface area contributed by atoms with Crippen molar-refractivity contribution in [1.29, 1.82) is 10.5 Å². The number of nitrogens with zero attached hydrogens (tertiary/aromatic N) is 2. The summed E-state index contributed by atoms with van der Waals surface area (Å²) in [6.45, 7) is 0. The lowest BCUT2D eigenvalue weighted by Gasteiger charge is -2.38. The lowest BCUT2D eigenvalue weighted by molar-refractivity contribution is -0.146. The SMILES string of the molecule is N#C/C(C(=O)OC1CCC(C2CCC(=O)CC2)CC1)=C1/SCC(C2CCC(C3CCC(C#N)CC3)CC2)S1. The largest absolute Gasteiger partial charge is 0.458 e. The Bertz CT molecular complexity index is 964. The summed E-state index contributed by atoms with van der Waals surface area (Å²) in [7, 11) is 0. The van der Waals surface area contributed by atoms with Gasteiger partial charge in [0.1, 0.15) is 18.0 Å². The Morgan fingerprint density at radius 1 is 0.737 bits per heavy atom. The third kappa shape index (κ3) is 6.82. The molecule has 206 valence electrons. The Balaban J connectivity index is 1.07. The quantitative estimate of drug-likeness (QED) is 0.197. The molecule has 1 aliphatic heterocycles. The minimum atomic E-state index is -0.424. The Morgan fingerprint density at radius 3 is 1.84 bits per heavy atom. The number of rotatable bonds is 5. The highest BCUT2D eigenvalue weighted by molar-refractivity contribution is 8.25. The van der Waals surface area contributed by atoms with Crippen molar-refractivity contribution in [3.05, 3.63) is 9.81 Å². The highest BCUT2D eigenvalue weighted by Gasteiger charge is 2.38. The maximum absolute atomic E-state index is 13.0. The Hall–Kier alpha value is -1.44. The van der Waals surface area contributed by atoms with Gasteiger partial charge in [-0.1, -0.05) is 0 Å². The molecule has 1 heterocycles. The first kappa shape index (κ1) is 28.1. The molecule has 0 N–H and O–H groups in total. The molecule has 1 unspecified atom stereocenters. The number of ether oxygens (including phenoxy) is 1. The van der Waals surface area contributed by atoms with Crippen molar-refractivity contribution < 1.29 is 14.3 Å². The van der Waals surface area contributed by atoms with Crippen molar-refractivity contribution in [3.8, 4) is 12.1 Å². The van der Waals surface area contributed by atoms with Gasteiger partial charge in [0.2, 0.25) is 0 Å². The van der Waals surface area contributed by atoms with E-state index >= 15 is 0 Å². The van der Waals surface area contributed by atoms with Crippen molar-refractivity contribution in [1.82, 2.24) is 0 Å². The number of Topliss-reactive ketones (excluding diaryl/α,β-unsaturated/α-hetero) is 1. The van der Waals surface area contributed by atoms with Crippen LogP contribution in [0.1, 0.15) is 103 Å². The fraction of sp³-hybridized carbons (Fsp3) is 0.806. The molecular weight excluding hydrogens is 512 g/mol. The Morgan fingerprint density at radius 2 is 1.26 bits per heavy atom. The zero-order chi connectivity index (χ0) is 26.5. The van der Waals surface area contributed by atoms with Gasteiger partial charge in [0.15, 0.2) is 5.57 Å². The molecule has 0 aromatic heterocycles. The van der Waals surface area contributed by atoms with E-state index < -0.39 is 5.97 Å². The van der Waals surface area contributed by atoms with E-state index in [4.69, 9.17) is 4.74 Å². The summed E-state index contributed by atoms with van der Waals surface area (Å²) >= 11 is 3.43. The van der Waals surface area contributed by atoms with Gasteiger partial charge in [-0.25, -0.2) is 4.79 Å². The first-order chi connectivity index (χ1) is 18.5. The van der Waals surface area contributed by atoms with Crippen molar-refractivity contribution in [2.45, 2.75) is 114 Å².